The number of hydrogen-bond donors (Lipinski definition) is 2. The van der Waals surface area contributed by atoms with Crippen LogP contribution in [0.4, 0.5) is 10.5 Å². The number of nitrogens with two attached hydrogens (primary N) is 1. The Morgan fingerprint density at radius 1 is 1.42 bits per heavy atom. The Kier molecular flexibility index (Phi) is 2.37. The number of urea groups is 1. The van der Waals surface area contributed by atoms with Crippen LogP contribution in [-0.2, 0) is 0 Å². The molecule has 0 bridgehead atoms. The molecule has 5 heteroatoms. The average molecular weight is 165 g/mol. The SMILES string of the molecule is NC(=O)N=Nc1ccccc1O. The van der Waals surface area contributed by atoms with Gasteiger partial charge in [0.2, 0.25) is 0 Å². The van der Waals surface area contributed by atoms with Crippen LogP contribution in [0.25, 0.3) is 0 Å². The molecule has 0 heterocycles. The van der Waals surface area contributed by atoms with E-state index in [1.807, 2.05) is 0 Å². The lowest BCUT2D eigenvalue weighted by Crippen LogP contribution is -2.01. The maximum atomic E-state index is 10.2. The standard InChI is InChI=1S/C7H7N3O2/c8-7(12)10-9-5-3-1-2-4-6(5)11/h1-4,11H,(H2,8,12). The first-order valence-corrected chi connectivity index (χ1v) is 3.19. The number of hydrogen-bond acceptors (Lipinski definition) is 3. The molecule has 0 spiro atoms. The number of carbonyl (C=O) groups is 1. The van der Waals surface area contributed by atoms with Gasteiger partial charge in [-0.2, -0.15) is 0 Å². The van der Waals surface area contributed by atoms with Crippen molar-refractivity contribution in [3.05, 3.63) is 24.3 Å². The number of rotatable bonds is 1. The molecule has 0 unspecified atom stereocenters. The second-order valence-electron chi connectivity index (χ2n) is 2.03. The third-order valence-electron chi connectivity index (χ3n) is 1.14. The van der Waals surface area contributed by atoms with Gasteiger partial charge in [-0.25, -0.2) is 4.79 Å². The molecule has 1 aromatic carbocycles. The van der Waals surface area contributed by atoms with E-state index in [1.165, 1.54) is 12.1 Å². The first-order chi connectivity index (χ1) is 5.70. The summed E-state index contributed by atoms with van der Waals surface area (Å²) in [6.07, 6.45) is 0. The summed E-state index contributed by atoms with van der Waals surface area (Å²) in [5, 5.41) is 15.6. The summed E-state index contributed by atoms with van der Waals surface area (Å²) in [6, 6.07) is 5.36. The number of aromatic hydroxyl groups is 1. The van der Waals surface area contributed by atoms with Crippen LogP contribution in [0.2, 0.25) is 0 Å². The van der Waals surface area contributed by atoms with Gasteiger partial charge in [0.25, 0.3) is 0 Å². The molecule has 3 N–H and O–H groups in total. The first kappa shape index (κ1) is 8.19. The Morgan fingerprint density at radius 3 is 2.67 bits per heavy atom. The molecule has 0 aliphatic rings. The molecule has 0 aliphatic heterocycles. The summed E-state index contributed by atoms with van der Waals surface area (Å²) < 4.78 is 0. The highest BCUT2D eigenvalue weighted by molar-refractivity contribution is 5.72. The Morgan fingerprint density at radius 2 is 2.08 bits per heavy atom. The summed E-state index contributed by atoms with van der Waals surface area (Å²) in [6.45, 7) is 0. The van der Waals surface area contributed by atoms with Crippen LogP contribution in [0, 0.1) is 0 Å². The third kappa shape index (κ3) is 2.05. The van der Waals surface area contributed by atoms with Crippen molar-refractivity contribution in [1.29, 1.82) is 0 Å². The van der Waals surface area contributed by atoms with Crippen molar-refractivity contribution in [2.24, 2.45) is 16.0 Å². The smallest absolute Gasteiger partial charge is 0.356 e. The number of primary amides is 1. The van der Waals surface area contributed by atoms with Gasteiger partial charge >= 0.3 is 6.03 Å². The van der Waals surface area contributed by atoms with Gasteiger partial charge in [-0.1, -0.05) is 17.2 Å². The molecule has 0 radical (unpaired) electrons. The lowest BCUT2D eigenvalue weighted by molar-refractivity contribution is 0.255. The van der Waals surface area contributed by atoms with Crippen molar-refractivity contribution in [2.45, 2.75) is 0 Å². The van der Waals surface area contributed by atoms with Crippen molar-refractivity contribution in [3.8, 4) is 5.75 Å². The van der Waals surface area contributed by atoms with Crippen molar-refractivity contribution in [3.63, 3.8) is 0 Å². The molecule has 2 amide bonds. The van der Waals surface area contributed by atoms with Gasteiger partial charge in [0.15, 0.2) is 0 Å². The molecule has 5 nitrogen and oxygen atoms in total. The molecule has 0 aromatic heterocycles. The van der Waals surface area contributed by atoms with Crippen LogP contribution in [0.15, 0.2) is 34.5 Å². The number of azo groups is 1. The molecule has 0 aliphatic carbocycles. The highest BCUT2D eigenvalue weighted by Crippen LogP contribution is 2.24. The summed E-state index contributed by atoms with van der Waals surface area (Å²) in [5.41, 5.74) is 4.93. The molecule has 0 fully saturated rings. The Labute approximate surface area is 68.5 Å². The quantitative estimate of drug-likeness (QED) is 0.618. The van der Waals surface area contributed by atoms with E-state index in [1.54, 1.807) is 12.1 Å². The van der Waals surface area contributed by atoms with E-state index < -0.39 is 6.03 Å². The summed E-state index contributed by atoms with van der Waals surface area (Å²) in [4.78, 5) is 10.2. The van der Waals surface area contributed by atoms with Crippen molar-refractivity contribution < 1.29 is 9.90 Å². The second kappa shape index (κ2) is 3.47. The highest BCUT2D eigenvalue weighted by Gasteiger charge is 1.96. The lowest BCUT2D eigenvalue weighted by Gasteiger charge is -1.93. The number of nitrogens with zero attached hydrogens (tertiary/aromatic N) is 2. The fourth-order valence-corrected chi connectivity index (χ4v) is 0.652. The van der Waals surface area contributed by atoms with Crippen molar-refractivity contribution >= 4 is 11.7 Å². The van der Waals surface area contributed by atoms with Crippen LogP contribution >= 0.6 is 0 Å². The molecule has 0 saturated heterocycles. The number of para-hydroxylation sites is 1. The van der Waals surface area contributed by atoms with E-state index in [0.29, 0.717) is 0 Å². The summed E-state index contributed by atoms with van der Waals surface area (Å²) in [5.74, 6) is -0.0394. The van der Waals surface area contributed by atoms with Crippen LogP contribution in [-0.4, -0.2) is 11.1 Å². The molecule has 1 aromatic rings. The van der Waals surface area contributed by atoms with Gasteiger partial charge in [0.05, 0.1) is 0 Å². The predicted octanol–water partition coefficient (Wildman–Crippen LogP) is 1.55. The number of benzene rings is 1. The average Bonchev–Trinajstić information content (AvgIpc) is 2.03. The van der Waals surface area contributed by atoms with Gasteiger partial charge in [-0.3, -0.25) is 0 Å². The highest BCUT2D eigenvalue weighted by atomic mass is 16.3. The van der Waals surface area contributed by atoms with Gasteiger partial charge in [-0.15, -0.1) is 5.11 Å². The van der Waals surface area contributed by atoms with Gasteiger partial charge in [0, 0.05) is 0 Å². The molecule has 1 rings (SSSR count). The largest absolute Gasteiger partial charge is 0.506 e. The maximum absolute atomic E-state index is 10.2. The van der Waals surface area contributed by atoms with E-state index in [9.17, 15) is 4.79 Å². The summed E-state index contributed by atoms with van der Waals surface area (Å²) >= 11 is 0. The Bertz CT molecular complexity index is 322. The minimum Gasteiger partial charge on any atom is -0.506 e. The molecule has 62 valence electrons. The van der Waals surface area contributed by atoms with E-state index in [-0.39, 0.29) is 11.4 Å². The summed E-state index contributed by atoms with van der Waals surface area (Å²) in [7, 11) is 0. The van der Waals surface area contributed by atoms with Crippen molar-refractivity contribution in [1.82, 2.24) is 0 Å². The minimum atomic E-state index is -0.891. The van der Waals surface area contributed by atoms with Crippen molar-refractivity contribution in [2.75, 3.05) is 0 Å². The normalized spacial score (nSPS) is 10.3. The monoisotopic (exact) mass is 165 g/mol. The third-order valence-corrected chi connectivity index (χ3v) is 1.14. The van der Waals surface area contributed by atoms with Crippen LogP contribution in [0.5, 0.6) is 5.75 Å². The fraction of sp³-hybridized carbons (Fsp3) is 0. The molecule has 0 atom stereocenters. The van der Waals surface area contributed by atoms with Gasteiger partial charge in [-0.05, 0) is 12.1 Å². The number of carbonyl (C=O) groups excluding carboxylic acids is 1. The maximum Gasteiger partial charge on any atom is 0.356 e. The Balaban J connectivity index is 2.89. The molecule has 0 saturated carbocycles. The minimum absolute atomic E-state index is 0.0394. The van der Waals surface area contributed by atoms with E-state index in [4.69, 9.17) is 10.8 Å². The zero-order valence-electron chi connectivity index (χ0n) is 6.14. The number of amides is 2. The Hall–Kier alpha value is -1.91. The molecular formula is C7H7N3O2. The zero-order chi connectivity index (χ0) is 8.97. The number of phenols is 1. The fourth-order valence-electron chi connectivity index (χ4n) is 0.652. The van der Waals surface area contributed by atoms with E-state index in [0.717, 1.165) is 0 Å². The first-order valence-electron chi connectivity index (χ1n) is 3.19. The lowest BCUT2D eigenvalue weighted by atomic mass is 10.3. The number of phenolic OH excluding ortho intramolecular Hbond substituents is 1. The molecule has 12 heavy (non-hydrogen) atoms. The van der Waals surface area contributed by atoms with Crippen LogP contribution in [0.1, 0.15) is 0 Å². The second-order valence-corrected chi connectivity index (χ2v) is 2.03. The van der Waals surface area contributed by atoms with Gasteiger partial charge < -0.3 is 10.8 Å². The zero-order valence-corrected chi connectivity index (χ0v) is 6.14. The van der Waals surface area contributed by atoms with E-state index in [2.05, 4.69) is 10.2 Å². The predicted molar refractivity (Wildman–Crippen MR) is 42.2 cm³/mol. The molecular weight excluding hydrogens is 158 g/mol. The van der Waals surface area contributed by atoms with Gasteiger partial charge in [0.1, 0.15) is 11.4 Å². The van der Waals surface area contributed by atoms with Crippen LogP contribution in [0.3, 0.4) is 0 Å². The van der Waals surface area contributed by atoms with Crippen LogP contribution < -0.4 is 5.73 Å². The topological polar surface area (TPSA) is 88.0 Å². The van der Waals surface area contributed by atoms with E-state index >= 15 is 0 Å².